The first-order valence-corrected chi connectivity index (χ1v) is 9.24. The molecule has 1 aromatic carbocycles. The Hall–Kier alpha value is -3.23. The predicted octanol–water partition coefficient (Wildman–Crippen LogP) is 2.26. The van der Waals surface area contributed by atoms with E-state index in [-0.39, 0.29) is 46.9 Å². The summed E-state index contributed by atoms with van der Waals surface area (Å²) in [7, 11) is 0. The monoisotopic (exact) mass is 384 g/mol. The van der Waals surface area contributed by atoms with Crippen molar-refractivity contribution in [2.75, 3.05) is 5.32 Å². The van der Waals surface area contributed by atoms with Crippen LogP contribution < -0.4 is 10.6 Å². The molecule has 1 saturated carbocycles. The Morgan fingerprint density at radius 1 is 1.18 bits per heavy atom. The van der Waals surface area contributed by atoms with Crippen LogP contribution in [0.1, 0.15) is 19.8 Å². The summed E-state index contributed by atoms with van der Waals surface area (Å²) in [5.74, 6) is -0.972. The molecule has 2 bridgehead atoms. The van der Waals surface area contributed by atoms with Crippen molar-refractivity contribution in [3.8, 4) is 0 Å². The summed E-state index contributed by atoms with van der Waals surface area (Å²) in [6.45, 7) is 1.58. The zero-order chi connectivity index (χ0) is 20.0. The Kier molecular flexibility index (Phi) is 4.37. The summed E-state index contributed by atoms with van der Waals surface area (Å²) in [6, 6.07) is 4.87. The normalized spacial score (nSPS) is 28.8. The summed E-state index contributed by atoms with van der Waals surface area (Å²) in [5.41, 5.74) is 0.0942. The number of nitro benzene ring substituents is 1. The molecule has 1 saturated heterocycles. The van der Waals surface area contributed by atoms with Crippen molar-refractivity contribution in [1.82, 2.24) is 10.2 Å². The van der Waals surface area contributed by atoms with Gasteiger partial charge in [-0.15, -0.1) is 0 Å². The highest BCUT2D eigenvalue weighted by molar-refractivity contribution is 6.06. The zero-order valence-electron chi connectivity index (χ0n) is 15.2. The number of rotatable bonds is 4. The number of imide groups is 1. The molecule has 5 rings (SSSR count). The Bertz CT molecular complexity index is 866. The molecular formula is C19H20N4O5. The van der Waals surface area contributed by atoms with Gasteiger partial charge in [-0.25, -0.2) is 4.79 Å². The average Bonchev–Trinajstić information content (AvgIpc) is 2.95. The van der Waals surface area contributed by atoms with Crippen molar-refractivity contribution in [2.45, 2.75) is 25.9 Å². The third-order valence-electron chi connectivity index (χ3n) is 5.84. The lowest BCUT2D eigenvalue weighted by atomic mass is 9.63. The first kappa shape index (κ1) is 18.1. The first-order valence-electron chi connectivity index (χ1n) is 9.24. The number of nitrogens with zero attached hydrogens (tertiary/aromatic N) is 2. The number of amides is 4. The molecule has 2 N–H and O–H groups in total. The molecule has 1 aliphatic heterocycles. The summed E-state index contributed by atoms with van der Waals surface area (Å²) in [6.07, 6.45) is 5.08. The minimum absolute atomic E-state index is 0.0855. The number of urea groups is 1. The number of hydrogen-bond donors (Lipinski definition) is 2. The number of benzene rings is 1. The zero-order valence-corrected chi connectivity index (χ0v) is 15.2. The van der Waals surface area contributed by atoms with Crippen molar-refractivity contribution in [2.24, 2.45) is 23.7 Å². The molecule has 146 valence electrons. The van der Waals surface area contributed by atoms with Crippen molar-refractivity contribution < 1.29 is 19.3 Å². The van der Waals surface area contributed by atoms with Gasteiger partial charge in [0.2, 0.25) is 11.8 Å². The highest BCUT2D eigenvalue weighted by Gasteiger charge is 2.57. The van der Waals surface area contributed by atoms with E-state index in [1.54, 1.807) is 6.92 Å². The molecule has 2 fully saturated rings. The number of allylic oxidation sites excluding steroid dienone is 2. The van der Waals surface area contributed by atoms with Crippen LogP contribution in [0.25, 0.3) is 0 Å². The summed E-state index contributed by atoms with van der Waals surface area (Å²) in [4.78, 5) is 49.4. The van der Waals surface area contributed by atoms with Gasteiger partial charge in [0.1, 0.15) is 6.17 Å². The van der Waals surface area contributed by atoms with E-state index in [0.717, 1.165) is 17.7 Å². The van der Waals surface area contributed by atoms with Gasteiger partial charge in [-0.2, -0.15) is 0 Å². The van der Waals surface area contributed by atoms with E-state index in [1.165, 1.54) is 24.3 Å². The highest BCUT2D eigenvalue weighted by atomic mass is 16.6. The fourth-order valence-electron chi connectivity index (χ4n) is 4.60. The summed E-state index contributed by atoms with van der Waals surface area (Å²) < 4.78 is 0. The van der Waals surface area contributed by atoms with Gasteiger partial charge in [0, 0.05) is 17.8 Å². The molecule has 4 aliphatic rings. The van der Waals surface area contributed by atoms with E-state index >= 15 is 0 Å². The molecule has 9 nitrogen and oxygen atoms in total. The molecule has 0 radical (unpaired) electrons. The standard InChI is InChI=1S/C19H20N4O5/c1-10(20-19(26)21-13-3-2-4-14(9-13)23(27)28)22-17(24)15-11-5-6-12(8-7-11)16(15)18(22)25/h2-6,9-12,15-16H,7-8H2,1H3,(H2,20,21,26)/t10-,11-,12-,15-,16+/m0/s1. The van der Waals surface area contributed by atoms with Crippen LogP contribution in [0.2, 0.25) is 0 Å². The topological polar surface area (TPSA) is 122 Å². The fourth-order valence-corrected chi connectivity index (χ4v) is 4.60. The number of fused-ring (bicyclic) bond motifs is 1. The van der Waals surface area contributed by atoms with Gasteiger partial charge >= 0.3 is 6.03 Å². The molecule has 5 atom stereocenters. The second-order valence-electron chi connectivity index (χ2n) is 7.47. The van der Waals surface area contributed by atoms with Crippen LogP contribution >= 0.6 is 0 Å². The van der Waals surface area contributed by atoms with Crippen LogP contribution in [-0.2, 0) is 9.59 Å². The third-order valence-corrected chi connectivity index (χ3v) is 5.84. The number of non-ortho nitro benzene ring substituents is 1. The number of hydrogen-bond acceptors (Lipinski definition) is 5. The maximum absolute atomic E-state index is 12.9. The van der Waals surface area contributed by atoms with Crippen LogP contribution in [0.5, 0.6) is 0 Å². The van der Waals surface area contributed by atoms with Crippen molar-refractivity contribution in [3.63, 3.8) is 0 Å². The van der Waals surface area contributed by atoms with E-state index in [1.807, 2.05) is 12.2 Å². The molecule has 0 unspecified atom stereocenters. The van der Waals surface area contributed by atoms with Crippen LogP contribution in [0.4, 0.5) is 16.2 Å². The third kappa shape index (κ3) is 2.92. The second kappa shape index (κ2) is 6.74. The minimum atomic E-state index is -0.816. The Morgan fingerprint density at radius 3 is 2.32 bits per heavy atom. The van der Waals surface area contributed by atoms with Crippen molar-refractivity contribution in [1.29, 1.82) is 0 Å². The number of likely N-dealkylation sites (tertiary alicyclic amines) is 1. The minimum Gasteiger partial charge on any atom is -0.317 e. The Morgan fingerprint density at radius 2 is 1.79 bits per heavy atom. The lowest BCUT2D eigenvalue weighted by Gasteiger charge is -2.38. The lowest BCUT2D eigenvalue weighted by Crippen LogP contribution is -2.50. The predicted molar refractivity (Wildman–Crippen MR) is 98.9 cm³/mol. The number of nitro groups is 1. The van der Waals surface area contributed by atoms with Crippen LogP contribution in [0, 0.1) is 33.8 Å². The highest BCUT2D eigenvalue weighted by Crippen LogP contribution is 2.49. The van der Waals surface area contributed by atoms with Gasteiger partial charge in [0.05, 0.1) is 16.8 Å². The van der Waals surface area contributed by atoms with E-state index in [9.17, 15) is 24.5 Å². The summed E-state index contributed by atoms with van der Waals surface area (Å²) in [5, 5.41) is 15.9. The number of anilines is 1. The van der Waals surface area contributed by atoms with Crippen LogP contribution in [0.15, 0.2) is 36.4 Å². The molecule has 28 heavy (non-hydrogen) atoms. The van der Waals surface area contributed by atoms with Gasteiger partial charge in [-0.3, -0.25) is 24.6 Å². The fraction of sp³-hybridized carbons (Fsp3) is 0.421. The van der Waals surface area contributed by atoms with Crippen LogP contribution in [0.3, 0.4) is 0 Å². The quantitative estimate of drug-likeness (QED) is 0.357. The van der Waals surface area contributed by atoms with Crippen molar-refractivity contribution >= 4 is 29.2 Å². The average molecular weight is 384 g/mol. The van der Waals surface area contributed by atoms with Gasteiger partial charge in [-0.05, 0) is 37.7 Å². The maximum Gasteiger partial charge on any atom is 0.320 e. The molecule has 1 aromatic rings. The van der Waals surface area contributed by atoms with Gasteiger partial charge in [0.25, 0.3) is 5.69 Å². The molecule has 3 aliphatic carbocycles. The molecule has 1 heterocycles. The summed E-state index contributed by atoms with van der Waals surface area (Å²) >= 11 is 0. The Balaban J connectivity index is 1.44. The van der Waals surface area contributed by atoms with Gasteiger partial charge in [0.15, 0.2) is 0 Å². The maximum atomic E-state index is 12.9. The second-order valence-corrected chi connectivity index (χ2v) is 7.47. The van der Waals surface area contributed by atoms with E-state index in [0.29, 0.717) is 0 Å². The van der Waals surface area contributed by atoms with E-state index in [2.05, 4.69) is 10.6 Å². The lowest BCUT2D eigenvalue weighted by molar-refractivity contribution is -0.384. The number of carbonyl (C=O) groups excluding carboxylic acids is 3. The van der Waals surface area contributed by atoms with Crippen LogP contribution in [-0.4, -0.2) is 33.8 Å². The molecule has 9 heteroatoms. The van der Waals surface area contributed by atoms with E-state index in [4.69, 9.17) is 0 Å². The first-order chi connectivity index (χ1) is 13.4. The van der Waals surface area contributed by atoms with Gasteiger partial charge < -0.3 is 10.6 Å². The smallest absolute Gasteiger partial charge is 0.317 e. The Labute approximate surface area is 160 Å². The molecule has 4 amide bonds. The SMILES string of the molecule is C[C@@H](NC(=O)Nc1cccc([N+](=O)[O-])c1)N1C(=O)[C@@H]2[C@H](C1=O)[C@H]1C=C[C@H]2CC1. The number of nitrogens with one attached hydrogen (secondary N) is 2. The number of carbonyl (C=O) groups is 3. The largest absolute Gasteiger partial charge is 0.320 e. The molecule has 0 spiro atoms. The van der Waals surface area contributed by atoms with Gasteiger partial charge in [-0.1, -0.05) is 18.2 Å². The molecule has 0 aromatic heterocycles. The van der Waals surface area contributed by atoms with E-state index < -0.39 is 17.1 Å². The van der Waals surface area contributed by atoms with Crippen molar-refractivity contribution in [3.05, 3.63) is 46.5 Å². The molecular weight excluding hydrogens is 364 g/mol.